The molecule has 2 aromatic heterocycles. The van der Waals surface area contributed by atoms with E-state index in [0.29, 0.717) is 6.01 Å². The lowest BCUT2D eigenvalue weighted by Gasteiger charge is -2.21. The van der Waals surface area contributed by atoms with E-state index in [9.17, 15) is 4.79 Å². The maximum atomic E-state index is 10.7. The Morgan fingerprint density at radius 3 is 2.94 bits per heavy atom. The molecule has 0 aliphatic heterocycles. The van der Waals surface area contributed by atoms with E-state index in [2.05, 4.69) is 4.98 Å². The number of nitrogens with zero attached hydrogens (tertiary/aromatic N) is 2. The van der Waals surface area contributed by atoms with Gasteiger partial charge in [0.2, 0.25) is 0 Å². The van der Waals surface area contributed by atoms with Crippen LogP contribution in [-0.4, -0.2) is 23.1 Å². The molecule has 2 rings (SSSR count). The molecule has 90 valence electrons. The summed E-state index contributed by atoms with van der Waals surface area (Å²) in [5.74, 6) is -1.09. The first-order valence-electron chi connectivity index (χ1n) is 5.04. The Labute approximate surface area is 102 Å². The molecule has 6 heteroatoms. The first-order chi connectivity index (χ1) is 8.09. The van der Waals surface area contributed by atoms with E-state index in [-0.39, 0.29) is 11.7 Å². The number of oxazole rings is 1. The predicted molar refractivity (Wildman–Crippen MR) is 64.6 cm³/mol. The lowest BCUT2D eigenvalue weighted by molar-refractivity contribution is 0.0690. The van der Waals surface area contributed by atoms with Crippen molar-refractivity contribution in [1.82, 2.24) is 4.98 Å². The molecule has 0 aromatic carbocycles. The van der Waals surface area contributed by atoms with Crippen LogP contribution in [0, 0.1) is 0 Å². The smallest absolute Gasteiger partial charge is 0.357 e. The molecule has 0 radical (unpaired) electrons. The fourth-order valence-corrected chi connectivity index (χ4v) is 2.24. The van der Waals surface area contributed by atoms with Crippen LogP contribution in [0.3, 0.4) is 0 Å². The molecular formula is C11H12N2O3S. The second-order valence-corrected chi connectivity index (χ2v) is 4.60. The zero-order valence-corrected chi connectivity index (χ0v) is 10.3. The topological polar surface area (TPSA) is 66.6 Å². The van der Waals surface area contributed by atoms with E-state index in [1.807, 2.05) is 31.5 Å². The molecule has 0 saturated heterocycles. The highest BCUT2D eigenvalue weighted by molar-refractivity contribution is 7.10. The molecule has 2 heterocycles. The van der Waals surface area contributed by atoms with Crippen molar-refractivity contribution in [1.29, 1.82) is 0 Å². The molecule has 0 amide bonds. The first kappa shape index (κ1) is 11.7. The fourth-order valence-electron chi connectivity index (χ4n) is 1.41. The number of rotatable bonds is 4. The summed E-state index contributed by atoms with van der Waals surface area (Å²) >= 11 is 1.64. The molecule has 2 aromatic rings. The van der Waals surface area contributed by atoms with Gasteiger partial charge in [-0.1, -0.05) is 6.07 Å². The number of hydrogen-bond donors (Lipinski definition) is 1. The van der Waals surface area contributed by atoms with E-state index in [1.54, 1.807) is 16.2 Å². The Kier molecular flexibility index (Phi) is 3.14. The second-order valence-electron chi connectivity index (χ2n) is 3.62. The van der Waals surface area contributed by atoms with E-state index >= 15 is 0 Å². The van der Waals surface area contributed by atoms with Crippen molar-refractivity contribution in [2.45, 2.75) is 13.0 Å². The highest BCUT2D eigenvalue weighted by Crippen LogP contribution is 2.27. The quantitative estimate of drug-likeness (QED) is 0.906. The molecule has 0 aliphatic rings. The van der Waals surface area contributed by atoms with Crippen LogP contribution < -0.4 is 4.90 Å². The largest absolute Gasteiger partial charge is 0.476 e. The maximum Gasteiger partial charge on any atom is 0.357 e. The van der Waals surface area contributed by atoms with Crippen LogP contribution in [0.4, 0.5) is 6.01 Å². The molecule has 0 saturated carbocycles. The number of carboxylic acid groups (broad SMARTS) is 1. The zero-order valence-electron chi connectivity index (χ0n) is 9.45. The summed E-state index contributed by atoms with van der Waals surface area (Å²) in [6.45, 7) is 2.01. The van der Waals surface area contributed by atoms with Gasteiger partial charge in [-0.2, -0.15) is 4.98 Å². The van der Waals surface area contributed by atoms with Gasteiger partial charge in [-0.3, -0.25) is 0 Å². The number of thiophene rings is 1. The van der Waals surface area contributed by atoms with Crippen molar-refractivity contribution in [3.63, 3.8) is 0 Å². The summed E-state index contributed by atoms with van der Waals surface area (Å²) in [5, 5.41) is 10.8. The van der Waals surface area contributed by atoms with Crippen molar-refractivity contribution in [2.75, 3.05) is 11.9 Å². The van der Waals surface area contributed by atoms with Gasteiger partial charge in [0, 0.05) is 11.9 Å². The number of anilines is 1. The Morgan fingerprint density at radius 2 is 2.41 bits per heavy atom. The SMILES string of the molecule is CC(c1cccs1)N(C)c1nc(C(=O)O)co1. The van der Waals surface area contributed by atoms with Crippen LogP contribution in [0.2, 0.25) is 0 Å². The van der Waals surface area contributed by atoms with Gasteiger partial charge < -0.3 is 14.4 Å². The Morgan fingerprint density at radius 1 is 1.65 bits per heavy atom. The minimum absolute atomic E-state index is 0.0785. The molecular weight excluding hydrogens is 240 g/mol. The molecule has 1 atom stereocenters. The Balaban J connectivity index is 2.19. The summed E-state index contributed by atoms with van der Waals surface area (Å²) in [4.78, 5) is 17.6. The highest BCUT2D eigenvalue weighted by Gasteiger charge is 2.19. The van der Waals surface area contributed by atoms with Gasteiger partial charge >= 0.3 is 5.97 Å². The van der Waals surface area contributed by atoms with E-state index in [1.165, 1.54) is 4.88 Å². The summed E-state index contributed by atoms with van der Waals surface area (Å²) < 4.78 is 5.15. The van der Waals surface area contributed by atoms with Crippen LogP contribution in [0.1, 0.15) is 28.3 Å². The predicted octanol–water partition coefficient (Wildman–Crippen LogP) is 2.63. The lowest BCUT2D eigenvalue weighted by atomic mass is 10.2. The molecule has 17 heavy (non-hydrogen) atoms. The number of carbonyl (C=O) groups is 1. The van der Waals surface area contributed by atoms with Gasteiger partial charge in [0.25, 0.3) is 6.01 Å². The van der Waals surface area contributed by atoms with Gasteiger partial charge in [-0.25, -0.2) is 4.79 Å². The van der Waals surface area contributed by atoms with Crippen molar-refractivity contribution < 1.29 is 14.3 Å². The third kappa shape index (κ3) is 2.31. The standard InChI is InChI=1S/C11H12N2O3S/c1-7(9-4-3-5-17-9)13(2)11-12-8(6-16-11)10(14)15/h3-7H,1-2H3,(H,14,15). The fraction of sp³-hybridized carbons (Fsp3) is 0.273. The summed E-state index contributed by atoms with van der Waals surface area (Å²) in [7, 11) is 1.82. The number of hydrogen-bond acceptors (Lipinski definition) is 5. The summed E-state index contributed by atoms with van der Waals surface area (Å²) in [6.07, 6.45) is 1.15. The van der Waals surface area contributed by atoms with Crippen LogP contribution >= 0.6 is 11.3 Å². The van der Waals surface area contributed by atoms with Crippen molar-refractivity contribution in [2.24, 2.45) is 0 Å². The van der Waals surface area contributed by atoms with Crippen molar-refractivity contribution in [3.8, 4) is 0 Å². The van der Waals surface area contributed by atoms with Gasteiger partial charge in [0.15, 0.2) is 5.69 Å². The average Bonchev–Trinajstić information content (AvgIpc) is 2.97. The van der Waals surface area contributed by atoms with Crippen LogP contribution in [-0.2, 0) is 0 Å². The number of aromatic carboxylic acids is 1. The minimum Gasteiger partial charge on any atom is -0.476 e. The average molecular weight is 252 g/mol. The Hall–Kier alpha value is -1.82. The van der Waals surface area contributed by atoms with Crippen LogP contribution in [0.25, 0.3) is 0 Å². The zero-order chi connectivity index (χ0) is 12.4. The first-order valence-corrected chi connectivity index (χ1v) is 5.92. The van der Waals surface area contributed by atoms with E-state index < -0.39 is 5.97 Å². The number of carboxylic acids is 1. The van der Waals surface area contributed by atoms with Crippen molar-refractivity contribution >= 4 is 23.3 Å². The third-order valence-electron chi connectivity index (χ3n) is 2.55. The molecule has 1 N–H and O–H groups in total. The van der Waals surface area contributed by atoms with Gasteiger partial charge in [0.1, 0.15) is 6.26 Å². The second kappa shape index (κ2) is 4.58. The minimum atomic E-state index is -1.09. The van der Waals surface area contributed by atoms with Gasteiger partial charge in [-0.05, 0) is 18.4 Å². The summed E-state index contributed by atoms with van der Waals surface area (Å²) in [5.41, 5.74) is -0.0785. The third-order valence-corrected chi connectivity index (χ3v) is 3.59. The molecule has 5 nitrogen and oxygen atoms in total. The monoisotopic (exact) mass is 252 g/mol. The highest BCUT2D eigenvalue weighted by atomic mass is 32.1. The normalized spacial score (nSPS) is 12.4. The van der Waals surface area contributed by atoms with E-state index in [0.717, 1.165) is 6.26 Å². The van der Waals surface area contributed by atoms with Crippen LogP contribution in [0.5, 0.6) is 0 Å². The summed E-state index contributed by atoms with van der Waals surface area (Å²) in [6, 6.07) is 4.40. The lowest BCUT2D eigenvalue weighted by Crippen LogP contribution is -2.21. The molecule has 0 spiro atoms. The van der Waals surface area contributed by atoms with Crippen LogP contribution in [0.15, 0.2) is 28.2 Å². The van der Waals surface area contributed by atoms with Crippen molar-refractivity contribution in [3.05, 3.63) is 34.3 Å². The molecule has 1 unspecified atom stereocenters. The van der Waals surface area contributed by atoms with E-state index in [4.69, 9.17) is 9.52 Å². The van der Waals surface area contributed by atoms with Gasteiger partial charge in [0.05, 0.1) is 6.04 Å². The Bertz CT molecular complexity index is 507. The number of aromatic nitrogens is 1. The molecule has 0 fully saturated rings. The van der Waals surface area contributed by atoms with Gasteiger partial charge in [-0.15, -0.1) is 11.3 Å². The molecule has 0 aliphatic carbocycles. The molecule has 0 bridgehead atoms. The maximum absolute atomic E-state index is 10.7.